The van der Waals surface area contributed by atoms with E-state index in [-0.39, 0.29) is 23.3 Å². The summed E-state index contributed by atoms with van der Waals surface area (Å²) in [6.45, 7) is 2.22. The summed E-state index contributed by atoms with van der Waals surface area (Å²) in [6, 6.07) is 3.68. The quantitative estimate of drug-likeness (QED) is 0.341. The Morgan fingerprint density at radius 1 is 1.23 bits per heavy atom. The summed E-state index contributed by atoms with van der Waals surface area (Å²) in [5.74, 6) is -0.783. The smallest absolute Gasteiger partial charge is 0.307 e. The Labute approximate surface area is 205 Å². The Morgan fingerprint density at radius 2 is 2.03 bits per heavy atom. The highest BCUT2D eigenvalue weighted by Gasteiger charge is 2.47. The van der Waals surface area contributed by atoms with E-state index in [1.807, 2.05) is 24.4 Å². The van der Waals surface area contributed by atoms with Crippen LogP contribution in [0, 0.1) is 36.4 Å². The molecule has 4 heterocycles. The molecular formula is C25H25FN6O2S. The summed E-state index contributed by atoms with van der Waals surface area (Å²) in [5.41, 5.74) is 2.83. The van der Waals surface area contributed by atoms with Gasteiger partial charge in [0.2, 0.25) is 0 Å². The molecule has 2 bridgehead atoms. The number of aromatic nitrogens is 5. The number of nitrogens with zero attached hydrogens (tertiary/aromatic N) is 4. The van der Waals surface area contributed by atoms with Crippen LogP contribution in [0.1, 0.15) is 31.4 Å². The Hall–Kier alpha value is -3.40. The number of fused-ring (bicyclic) bond motifs is 4. The van der Waals surface area contributed by atoms with Gasteiger partial charge >= 0.3 is 5.97 Å². The number of anilines is 1. The van der Waals surface area contributed by atoms with Crippen molar-refractivity contribution in [2.45, 2.75) is 32.6 Å². The summed E-state index contributed by atoms with van der Waals surface area (Å²) in [4.78, 5) is 33.9. The minimum Gasteiger partial charge on any atom is -0.481 e. The Kier molecular flexibility index (Phi) is 5.47. The van der Waals surface area contributed by atoms with E-state index in [4.69, 9.17) is 0 Å². The molecule has 3 saturated carbocycles. The van der Waals surface area contributed by atoms with E-state index in [0.29, 0.717) is 39.9 Å². The Bertz CT molecular complexity index is 1400. The third-order valence-corrected chi connectivity index (χ3v) is 8.41. The van der Waals surface area contributed by atoms with Crippen LogP contribution in [0.15, 0.2) is 29.9 Å². The van der Waals surface area contributed by atoms with Crippen molar-refractivity contribution >= 4 is 34.3 Å². The van der Waals surface area contributed by atoms with Gasteiger partial charge in [0.25, 0.3) is 0 Å². The maximum absolute atomic E-state index is 15.7. The molecule has 7 rings (SSSR count). The largest absolute Gasteiger partial charge is 0.481 e. The molecule has 0 radical (unpaired) electrons. The molecule has 3 aliphatic carbocycles. The first-order chi connectivity index (χ1) is 17.0. The molecule has 3 aliphatic rings. The highest BCUT2D eigenvalue weighted by molar-refractivity contribution is 7.13. The van der Waals surface area contributed by atoms with Gasteiger partial charge in [-0.1, -0.05) is 6.07 Å². The third kappa shape index (κ3) is 3.85. The van der Waals surface area contributed by atoms with Crippen LogP contribution in [0.5, 0.6) is 0 Å². The number of nitrogens with one attached hydrogen (secondary N) is 2. The van der Waals surface area contributed by atoms with Crippen molar-refractivity contribution in [1.29, 1.82) is 0 Å². The Balaban J connectivity index is 1.40. The molecule has 4 aromatic rings. The second kappa shape index (κ2) is 8.67. The van der Waals surface area contributed by atoms with Crippen LogP contribution in [-0.2, 0) is 4.79 Å². The first-order valence-electron chi connectivity index (χ1n) is 11.9. The molecule has 3 N–H and O–H groups in total. The van der Waals surface area contributed by atoms with Crippen LogP contribution in [0.25, 0.3) is 33.1 Å². The first-order valence-corrected chi connectivity index (χ1v) is 12.8. The van der Waals surface area contributed by atoms with Crippen LogP contribution < -0.4 is 5.32 Å². The molecule has 0 saturated heterocycles. The van der Waals surface area contributed by atoms with Crippen molar-refractivity contribution in [3.63, 3.8) is 0 Å². The van der Waals surface area contributed by atoms with Gasteiger partial charge in [-0.3, -0.25) is 4.79 Å². The van der Waals surface area contributed by atoms with Crippen LogP contribution in [0.4, 0.5) is 10.2 Å². The van der Waals surface area contributed by atoms with E-state index in [9.17, 15) is 9.90 Å². The summed E-state index contributed by atoms with van der Waals surface area (Å²) >= 11 is 1.40. The predicted octanol–water partition coefficient (Wildman–Crippen LogP) is 5.14. The van der Waals surface area contributed by atoms with Gasteiger partial charge < -0.3 is 15.4 Å². The number of H-pyrrole nitrogens is 1. The molecular weight excluding hydrogens is 467 g/mol. The van der Waals surface area contributed by atoms with Crippen molar-refractivity contribution in [2.75, 3.05) is 11.9 Å². The number of aromatic amines is 1. The van der Waals surface area contributed by atoms with Gasteiger partial charge in [0.05, 0.1) is 28.2 Å². The average molecular weight is 493 g/mol. The molecule has 35 heavy (non-hydrogen) atoms. The summed E-state index contributed by atoms with van der Waals surface area (Å²) in [7, 11) is 0. The lowest BCUT2D eigenvalue weighted by molar-refractivity contribution is -0.151. The van der Waals surface area contributed by atoms with Crippen LogP contribution in [0.3, 0.4) is 0 Å². The summed E-state index contributed by atoms with van der Waals surface area (Å²) < 4.78 is 15.7. The van der Waals surface area contributed by atoms with Gasteiger partial charge in [-0.05, 0) is 61.8 Å². The molecule has 0 aromatic carbocycles. The van der Waals surface area contributed by atoms with Crippen molar-refractivity contribution in [3.8, 4) is 22.0 Å². The second-order valence-electron chi connectivity index (χ2n) is 9.53. The number of rotatable bonds is 6. The number of hydrogen-bond acceptors (Lipinski definition) is 7. The van der Waals surface area contributed by atoms with Crippen LogP contribution >= 0.6 is 11.3 Å². The van der Waals surface area contributed by atoms with Crippen molar-refractivity contribution < 1.29 is 14.3 Å². The number of halogens is 1. The summed E-state index contributed by atoms with van der Waals surface area (Å²) in [5, 5.41) is 15.0. The van der Waals surface area contributed by atoms with E-state index in [1.165, 1.54) is 11.3 Å². The lowest BCUT2D eigenvalue weighted by Crippen LogP contribution is -2.46. The van der Waals surface area contributed by atoms with Gasteiger partial charge in [-0.15, -0.1) is 11.3 Å². The fourth-order valence-electron chi connectivity index (χ4n) is 5.88. The maximum Gasteiger partial charge on any atom is 0.307 e. The molecule has 8 nitrogen and oxygen atoms in total. The minimum atomic E-state index is -0.748. The van der Waals surface area contributed by atoms with Gasteiger partial charge in [-0.25, -0.2) is 24.3 Å². The van der Waals surface area contributed by atoms with E-state index < -0.39 is 17.7 Å². The number of carboxylic acid groups (broad SMARTS) is 1. The lowest BCUT2D eigenvalue weighted by atomic mass is 9.58. The predicted molar refractivity (Wildman–Crippen MR) is 131 cm³/mol. The zero-order chi connectivity index (χ0) is 24.1. The number of carboxylic acids is 1. The topological polar surface area (TPSA) is 117 Å². The minimum absolute atomic E-state index is 0.0513. The van der Waals surface area contributed by atoms with Crippen LogP contribution in [-0.4, -0.2) is 42.5 Å². The molecule has 0 aliphatic heterocycles. The number of thiophene rings is 1. The lowest BCUT2D eigenvalue weighted by Gasteiger charge is -2.46. The number of aryl methyl sites for hydroxylation is 1. The molecule has 0 amide bonds. The second-order valence-corrected chi connectivity index (χ2v) is 10.5. The third-order valence-electron chi connectivity index (χ3n) is 7.53. The monoisotopic (exact) mass is 492 g/mol. The average Bonchev–Trinajstić information content (AvgIpc) is 3.54. The summed E-state index contributed by atoms with van der Waals surface area (Å²) in [6.07, 6.45) is 7.41. The molecule has 1 unspecified atom stereocenters. The van der Waals surface area contributed by atoms with Gasteiger partial charge in [0.1, 0.15) is 11.2 Å². The zero-order valence-electron chi connectivity index (χ0n) is 19.2. The maximum atomic E-state index is 15.7. The fourth-order valence-corrected chi connectivity index (χ4v) is 6.59. The van der Waals surface area contributed by atoms with E-state index in [1.54, 1.807) is 12.4 Å². The highest BCUT2D eigenvalue weighted by Crippen LogP contribution is 2.49. The van der Waals surface area contributed by atoms with E-state index >= 15 is 4.39 Å². The molecule has 4 aromatic heterocycles. The number of hydrogen-bond donors (Lipinski definition) is 3. The van der Waals surface area contributed by atoms with Crippen LogP contribution in [0.2, 0.25) is 0 Å². The van der Waals surface area contributed by atoms with E-state index in [0.717, 1.165) is 31.4 Å². The standard InChI is InChI=1S/C25H25FN6O2S/c1-12-9-27-24-20(30-12)16(11-29-24)22-31-21(17-3-2-8-35-17)19(26)23(32-22)28-10-15-13-4-6-14(7-5-13)18(15)25(33)34/h2-3,8-9,11,13-15,18H,4-7,10H2,1H3,(H,27,29)(H,33,34)(H,28,31,32)/t13?,14?,15?,18-/m0/s1. The van der Waals surface area contributed by atoms with Crippen molar-refractivity contribution in [3.05, 3.63) is 41.4 Å². The number of carbonyl (C=O) groups is 1. The van der Waals surface area contributed by atoms with Gasteiger partial charge in [-0.2, -0.15) is 0 Å². The molecule has 0 spiro atoms. The van der Waals surface area contributed by atoms with Crippen molar-refractivity contribution in [1.82, 2.24) is 24.9 Å². The first kappa shape index (κ1) is 22.1. The molecule has 10 heteroatoms. The number of aliphatic carboxylic acids is 1. The van der Waals surface area contributed by atoms with Gasteiger partial charge in [0, 0.05) is 12.7 Å². The highest BCUT2D eigenvalue weighted by atomic mass is 32.1. The van der Waals surface area contributed by atoms with Gasteiger partial charge in [0.15, 0.2) is 23.1 Å². The van der Waals surface area contributed by atoms with Crippen molar-refractivity contribution in [2.24, 2.45) is 23.7 Å². The molecule has 180 valence electrons. The Morgan fingerprint density at radius 3 is 2.77 bits per heavy atom. The molecule has 3 fully saturated rings. The molecule has 2 atom stereocenters. The van der Waals surface area contributed by atoms with E-state index in [2.05, 4.69) is 30.2 Å². The zero-order valence-corrected chi connectivity index (χ0v) is 20.0. The SMILES string of the molecule is Cc1cnc2[nH]cc(-c3nc(NCC4C5CCC(CC5)[C@@H]4C(=O)O)c(F)c(-c4cccs4)n3)c2n1. The fraction of sp³-hybridized carbons (Fsp3) is 0.400. The normalized spacial score (nSPS) is 23.6.